The standard InChI is InChI=1S/C11H21NO5S/c1-11(2,3)16-10(13)12-7-5-9(6-8-12)17-18(4,14)15/h9H,5-8H2,1-4H3/i9D. The van der Waals surface area contributed by atoms with E-state index in [2.05, 4.69) is 0 Å². The SMILES string of the molecule is [2H]C1(OS(C)(=O)=O)CCN(C(=O)OC(C)(C)C)CC1. The van der Waals surface area contributed by atoms with Crippen LogP contribution in [0.2, 0.25) is 0 Å². The predicted octanol–water partition coefficient (Wildman–Crippen LogP) is 1.36. The summed E-state index contributed by atoms with van der Waals surface area (Å²) >= 11 is 0. The lowest BCUT2D eigenvalue weighted by Crippen LogP contribution is -2.43. The highest BCUT2D eigenvalue weighted by Crippen LogP contribution is 2.18. The lowest BCUT2D eigenvalue weighted by molar-refractivity contribution is 0.0134. The number of rotatable bonds is 2. The van der Waals surface area contributed by atoms with E-state index in [1.54, 1.807) is 20.8 Å². The maximum atomic E-state index is 11.8. The summed E-state index contributed by atoms with van der Waals surface area (Å²) in [5, 5.41) is 0. The molecule has 7 heteroatoms. The van der Waals surface area contributed by atoms with Crippen LogP contribution in [0.4, 0.5) is 4.79 Å². The van der Waals surface area contributed by atoms with Gasteiger partial charge < -0.3 is 9.64 Å². The van der Waals surface area contributed by atoms with Gasteiger partial charge in [-0.15, -0.1) is 0 Å². The number of amides is 1. The molecule has 1 amide bonds. The van der Waals surface area contributed by atoms with E-state index in [-0.39, 0.29) is 25.9 Å². The smallest absolute Gasteiger partial charge is 0.410 e. The molecule has 0 radical (unpaired) electrons. The lowest BCUT2D eigenvalue weighted by atomic mass is 10.1. The Morgan fingerprint density at radius 2 is 1.83 bits per heavy atom. The monoisotopic (exact) mass is 280 g/mol. The first-order valence-electron chi connectivity index (χ1n) is 6.29. The summed E-state index contributed by atoms with van der Waals surface area (Å²) in [5.41, 5.74) is -0.574. The van der Waals surface area contributed by atoms with E-state index in [0.29, 0.717) is 0 Å². The molecule has 1 aliphatic heterocycles. The van der Waals surface area contributed by atoms with Crippen molar-refractivity contribution in [2.24, 2.45) is 0 Å². The van der Waals surface area contributed by atoms with Crippen molar-refractivity contribution in [2.75, 3.05) is 19.3 Å². The van der Waals surface area contributed by atoms with Crippen molar-refractivity contribution in [2.45, 2.75) is 45.3 Å². The first-order valence-corrected chi connectivity index (χ1v) is 7.60. The molecule has 0 spiro atoms. The zero-order valence-corrected chi connectivity index (χ0v) is 12.0. The molecule has 1 aliphatic rings. The van der Waals surface area contributed by atoms with Gasteiger partial charge >= 0.3 is 6.09 Å². The largest absolute Gasteiger partial charge is 0.444 e. The summed E-state index contributed by atoms with van der Waals surface area (Å²) in [4.78, 5) is 13.3. The molecule has 0 aromatic rings. The highest BCUT2D eigenvalue weighted by molar-refractivity contribution is 7.86. The van der Waals surface area contributed by atoms with Gasteiger partial charge in [0.15, 0.2) is 0 Å². The number of nitrogens with zero attached hydrogens (tertiary/aromatic N) is 1. The molecule has 106 valence electrons. The summed E-state index contributed by atoms with van der Waals surface area (Å²) in [6.07, 6.45) is -0.734. The summed E-state index contributed by atoms with van der Waals surface area (Å²) in [7, 11) is -3.67. The third-order valence-electron chi connectivity index (χ3n) is 2.24. The van der Waals surface area contributed by atoms with Crippen molar-refractivity contribution in [3.05, 3.63) is 0 Å². The molecule has 1 rings (SSSR count). The Hall–Kier alpha value is -0.820. The van der Waals surface area contributed by atoms with Crippen molar-refractivity contribution in [1.82, 2.24) is 4.90 Å². The first kappa shape index (κ1) is 13.6. The maximum absolute atomic E-state index is 11.8. The van der Waals surface area contributed by atoms with Gasteiger partial charge in [-0.05, 0) is 33.6 Å². The minimum atomic E-state index is -3.67. The molecular weight excluding hydrogens is 258 g/mol. The van der Waals surface area contributed by atoms with Crippen molar-refractivity contribution in [3.8, 4) is 0 Å². The van der Waals surface area contributed by atoms with Crippen LogP contribution in [0.5, 0.6) is 0 Å². The number of hydrogen-bond acceptors (Lipinski definition) is 5. The van der Waals surface area contributed by atoms with Gasteiger partial charge in [0, 0.05) is 13.1 Å². The van der Waals surface area contributed by atoms with Crippen LogP contribution in [0, 0.1) is 0 Å². The molecule has 0 unspecified atom stereocenters. The summed E-state index contributed by atoms with van der Waals surface area (Å²) in [6.45, 7) is 5.81. The van der Waals surface area contributed by atoms with E-state index in [1.807, 2.05) is 0 Å². The van der Waals surface area contributed by atoms with E-state index in [1.165, 1.54) is 4.90 Å². The molecule has 0 N–H and O–H groups in total. The van der Waals surface area contributed by atoms with E-state index in [9.17, 15) is 13.2 Å². The molecule has 6 nitrogen and oxygen atoms in total. The second-order valence-electron chi connectivity index (χ2n) is 5.29. The normalized spacial score (nSPS) is 21.3. The maximum Gasteiger partial charge on any atom is 0.410 e. The fourth-order valence-corrected chi connectivity index (χ4v) is 2.16. The molecule has 0 atom stereocenters. The quantitative estimate of drug-likeness (QED) is 0.714. The van der Waals surface area contributed by atoms with Gasteiger partial charge in [-0.1, -0.05) is 0 Å². The van der Waals surface area contributed by atoms with Gasteiger partial charge in [-0.25, -0.2) is 4.79 Å². The Bertz CT molecular complexity index is 434. The fourth-order valence-electron chi connectivity index (χ4n) is 1.56. The highest BCUT2D eigenvalue weighted by atomic mass is 32.2. The average Bonchev–Trinajstić information content (AvgIpc) is 2.11. The number of carbonyl (C=O) groups excluding carboxylic acids is 1. The van der Waals surface area contributed by atoms with Crippen molar-refractivity contribution in [1.29, 1.82) is 0 Å². The fraction of sp³-hybridized carbons (Fsp3) is 0.909. The van der Waals surface area contributed by atoms with Gasteiger partial charge in [-0.3, -0.25) is 4.18 Å². The number of piperidine rings is 1. The molecular formula is C11H21NO5S. The molecule has 0 aliphatic carbocycles. The van der Waals surface area contributed by atoms with Crippen LogP contribution >= 0.6 is 0 Å². The number of hydrogen-bond donors (Lipinski definition) is 0. The van der Waals surface area contributed by atoms with Crippen molar-refractivity contribution < 1.29 is 23.5 Å². The van der Waals surface area contributed by atoms with Gasteiger partial charge in [0.05, 0.1) is 13.7 Å². The molecule has 18 heavy (non-hydrogen) atoms. The van der Waals surface area contributed by atoms with Crippen molar-refractivity contribution >= 4 is 16.2 Å². The first-order chi connectivity index (χ1) is 8.40. The second kappa shape index (κ2) is 5.44. The Labute approximate surface area is 110 Å². The Kier molecular flexibility index (Phi) is 4.11. The second-order valence-corrected chi connectivity index (χ2v) is 6.87. The number of carbonyl (C=O) groups is 1. The van der Waals surface area contributed by atoms with Gasteiger partial charge in [0.1, 0.15) is 5.60 Å². The van der Waals surface area contributed by atoms with E-state index < -0.39 is 27.9 Å². The summed E-state index contributed by atoms with van der Waals surface area (Å²) in [5.74, 6) is 0. The zero-order valence-electron chi connectivity index (χ0n) is 12.2. The molecule has 1 saturated heterocycles. The van der Waals surface area contributed by atoms with Crippen LogP contribution in [0.1, 0.15) is 35.0 Å². The third-order valence-corrected chi connectivity index (χ3v) is 2.78. The van der Waals surface area contributed by atoms with E-state index in [0.717, 1.165) is 6.26 Å². The molecule has 1 heterocycles. The van der Waals surface area contributed by atoms with Crippen LogP contribution in [0.15, 0.2) is 0 Å². The average molecular weight is 280 g/mol. The molecule has 0 aromatic carbocycles. The molecule has 0 bridgehead atoms. The van der Waals surface area contributed by atoms with Crippen LogP contribution in [0.3, 0.4) is 0 Å². The highest BCUT2D eigenvalue weighted by Gasteiger charge is 2.28. The predicted molar refractivity (Wildman–Crippen MR) is 66.8 cm³/mol. The number of likely N-dealkylation sites (tertiary alicyclic amines) is 1. The van der Waals surface area contributed by atoms with Gasteiger partial charge in [0.2, 0.25) is 0 Å². The topological polar surface area (TPSA) is 72.9 Å². The molecule has 1 fully saturated rings. The number of ether oxygens (including phenoxy) is 1. The van der Waals surface area contributed by atoms with Crippen LogP contribution in [-0.4, -0.2) is 50.4 Å². The Morgan fingerprint density at radius 3 is 2.22 bits per heavy atom. The van der Waals surface area contributed by atoms with Gasteiger partial charge in [-0.2, -0.15) is 8.42 Å². The third kappa shape index (κ3) is 5.68. The van der Waals surface area contributed by atoms with E-state index in [4.69, 9.17) is 10.3 Å². The lowest BCUT2D eigenvalue weighted by Gasteiger charge is -2.32. The summed E-state index contributed by atoms with van der Waals surface area (Å²) < 4.78 is 40.0. The van der Waals surface area contributed by atoms with E-state index >= 15 is 0 Å². The Balaban J connectivity index is 2.55. The van der Waals surface area contributed by atoms with Crippen LogP contribution < -0.4 is 0 Å². The minimum absolute atomic E-state index is 0.138. The molecule has 0 aromatic heterocycles. The minimum Gasteiger partial charge on any atom is -0.444 e. The van der Waals surface area contributed by atoms with Crippen LogP contribution in [-0.2, 0) is 19.0 Å². The Morgan fingerprint density at radius 1 is 1.33 bits per heavy atom. The van der Waals surface area contributed by atoms with Crippen LogP contribution in [0.25, 0.3) is 0 Å². The van der Waals surface area contributed by atoms with Gasteiger partial charge in [0.25, 0.3) is 10.1 Å². The molecule has 0 saturated carbocycles. The zero-order chi connectivity index (χ0) is 14.9. The summed E-state index contributed by atoms with van der Waals surface area (Å²) in [6, 6.07) is 0. The van der Waals surface area contributed by atoms with Crippen molar-refractivity contribution in [3.63, 3.8) is 0 Å².